The second-order valence-corrected chi connectivity index (χ2v) is 3.98. The first-order valence-electron chi connectivity index (χ1n) is 3.96. The highest BCUT2D eigenvalue weighted by molar-refractivity contribution is 4.87. The highest BCUT2D eigenvalue weighted by Crippen LogP contribution is 2.28. The van der Waals surface area contributed by atoms with Crippen molar-refractivity contribution < 1.29 is 9.47 Å². The van der Waals surface area contributed by atoms with Crippen LogP contribution in [0, 0.1) is 5.41 Å². The number of rotatable bonds is 0. The number of hydrogen-bond donors (Lipinski definition) is 0. The maximum atomic E-state index is 5.43. The lowest BCUT2D eigenvalue weighted by Gasteiger charge is -2.34. The van der Waals surface area contributed by atoms with Gasteiger partial charge in [0.05, 0.1) is 12.4 Å². The fraction of sp³-hybridized carbons (Fsp3) is 0.778. The predicted molar refractivity (Wildman–Crippen MR) is 44.0 cm³/mol. The molecule has 1 aliphatic heterocycles. The van der Waals surface area contributed by atoms with Crippen molar-refractivity contribution in [1.82, 2.24) is 0 Å². The molecule has 2 heteroatoms. The van der Waals surface area contributed by atoms with E-state index in [0.717, 1.165) is 18.8 Å². The molecule has 0 saturated carbocycles. The molecule has 0 aliphatic carbocycles. The molecule has 11 heavy (non-hydrogen) atoms. The molecule has 2 nitrogen and oxygen atoms in total. The smallest absolute Gasteiger partial charge is 0.204 e. The fourth-order valence-electron chi connectivity index (χ4n) is 0.951. The molecular formula is C9H16O2. The van der Waals surface area contributed by atoms with Crippen LogP contribution < -0.4 is 0 Å². The summed E-state index contributed by atoms with van der Waals surface area (Å²) in [5, 5.41) is 0. The van der Waals surface area contributed by atoms with Crippen molar-refractivity contribution in [2.75, 3.05) is 6.61 Å². The van der Waals surface area contributed by atoms with Crippen LogP contribution in [0.2, 0.25) is 0 Å². The second-order valence-electron chi connectivity index (χ2n) is 3.98. The molecule has 64 valence electrons. The van der Waals surface area contributed by atoms with Crippen molar-refractivity contribution in [3.63, 3.8) is 0 Å². The molecule has 0 bridgehead atoms. The van der Waals surface area contributed by atoms with Gasteiger partial charge in [-0.1, -0.05) is 27.4 Å². The van der Waals surface area contributed by atoms with E-state index < -0.39 is 0 Å². The van der Waals surface area contributed by atoms with Crippen LogP contribution in [0.1, 0.15) is 27.2 Å². The van der Waals surface area contributed by atoms with E-state index in [1.807, 2.05) is 0 Å². The summed E-state index contributed by atoms with van der Waals surface area (Å²) in [7, 11) is 0. The van der Waals surface area contributed by atoms with E-state index in [1.165, 1.54) is 0 Å². The molecular weight excluding hydrogens is 140 g/mol. The van der Waals surface area contributed by atoms with E-state index in [0.29, 0.717) is 0 Å². The molecule has 1 fully saturated rings. The molecule has 0 aromatic rings. The van der Waals surface area contributed by atoms with Crippen LogP contribution in [0.4, 0.5) is 0 Å². The largest absolute Gasteiger partial charge is 0.469 e. The zero-order chi connectivity index (χ0) is 8.48. The summed E-state index contributed by atoms with van der Waals surface area (Å²) in [6, 6.07) is 0. The zero-order valence-corrected chi connectivity index (χ0v) is 7.52. The zero-order valence-electron chi connectivity index (χ0n) is 7.52. The third-order valence-corrected chi connectivity index (χ3v) is 1.63. The molecule has 0 unspecified atom stereocenters. The molecule has 0 radical (unpaired) electrons. The monoisotopic (exact) mass is 156 g/mol. The van der Waals surface area contributed by atoms with Crippen molar-refractivity contribution in [2.45, 2.75) is 33.5 Å². The van der Waals surface area contributed by atoms with Gasteiger partial charge in [-0.25, -0.2) is 0 Å². The molecule has 1 heterocycles. The summed E-state index contributed by atoms with van der Waals surface area (Å²) in [5.41, 5.74) is 0.0450. The van der Waals surface area contributed by atoms with Gasteiger partial charge >= 0.3 is 0 Å². The van der Waals surface area contributed by atoms with Gasteiger partial charge in [0.1, 0.15) is 0 Å². The van der Waals surface area contributed by atoms with Gasteiger partial charge in [0.25, 0.3) is 0 Å². The quantitative estimate of drug-likeness (QED) is 0.536. The molecule has 0 aromatic carbocycles. The van der Waals surface area contributed by atoms with E-state index >= 15 is 0 Å². The van der Waals surface area contributed by atoms with Gasteiger partial charge in [0.15, 0.2) is 0 Å². The van der Waals surface area contributed by atoms with Gasteiger partial charge in [-0.15, -0.1) is 0 Å². The highest BCUT2D eigenvalue weighted by Gasteiger charge is 2.29. The minimum absolute atomic E-state index is 0.0450. The first kappa shape index (κ1) is 8.60. The summed E-state index contributed by atoms with van der Waals surface area (Å²) < 4.78 is 10.9. The van der Waals surface area contributed by atoms with Crippen LogP contribution in [-0.4, -0.2) is 12.9 Å². The Hall–Kier alpha value is -0.500. The Labute approximate surface area is 68.2 Å². The summed E-state index contributed by atoms with van der Waals surface area (Å²) in [6.45, 7) is 10.8. The van der Waals surface area contributed by atoms with E-state index in [-0.39, 0.29) is 11.7 Å². The lowest BCUT2D eigenvalue weighted by atomic mass is 9.95. The van der Waals surface area contributed by atoms with Crippen LogP contribution in [0.25, 0.3) is 0 Å². The Morgan fingerprint density at radius 3 is 2.45 bits per heavy atom. The maximum Gasteiger partial charge on any atom is 0.204 e. The molecule has 0 spiro atoms. The van der Waals surface area contributed by atoms with Gasteiger partial charge in [0.2, 0.25) is 6.29 Å². The van der Waals surface area contributed by atoms with E-state index in [9.17, 15) is 0 Å². The van der Waals surface area contributed by atoms with E-state index in [4.69, 9.17) is 9.47 Å². The Morgan fingerprint density at radius 1 is 1.45 bits per heavy atom. The fourth-order valence-corrected chi connectivity index (χ4v) is 0.951. The van der Waals surface area contributed by atoms with E-state index in [1.54, 1.807) is 0 Å². The molecule has 0 amide bonds. The first-order chi connectivity index (χ1) is 5.00. The van der Waals surface area contributed by atoms with Gasteiger partial charge in [0, 0.05) is 11.8 Å². The molecule has 1 rings (SSSR count). The third kappa shape index (κ3) is 2.22. The van der Waals surface area contributed by atoms with Gasteiger partial charge < -0.3 is 9.47 Å². The van der Waals surface area contributed by atoms with Crippen molar-refractivity contribution in [3.05, 3.63) is 12.3 Å². The standard InChI is InChI=1S/C9H16O2/c1-7-5-6-10-8(11-7)9(2,3)4/h8H,1,5-6H2,2-4H3/t8-/m0/s1. The lowest BCUT2D eigenvalue weighted by molar-refractivity contribution is -0.197. The van der Waals surface area contributed by atoms with Crippen molar-refractivity contribution in [3.8, 4) is 0 Å². The Balaban J connectivity index is 2.53. The average molecular weight is 156 g/mol. The van der Waals surface area contributed by atoms with Crippen LogP contribution in [0.5, 0.6) is 0 Å². The minimum Gasteiger partial charge on any atom is -0.469 e. The topological polar surface area (TPSA) is 18.5 Å². The summed E-state index contributed by atoms with van der Waals surface area (Å²) in [5.74, 6) is 0.844. The molecule has 0 aromatic heterocycles. The second kappa shape index (κ2) is 2.86. The Morgan fingerprint density at radius 2 is 2.09 bits per heavy atom. The normalized spacial score (nSPS) is 26.5. The summed E-state index contributed by atoms with van der Waals surface area (Å²) in [6.07, 6.45) is 0.704. The maximum absolute atomic E-state index is 5.43. The van der Waals surface area contributed by atoms with Crippen LogP contribution >= 0.6 is 0 Å². The van der Waals surface area contributed by atoms with Crippen molar-refractivity contribution >= 4 is 0 Å². The molecule has 0 N–H and O–H groups in total. The van der Waals surface area contributed by atoms with Crippen molar-refractivity contribution in [2.24, 2.45) is 5.41 Å². The highest BCUT2D eigenvalue weighted by atomic mass is 16.7. The van der Waals surface area contributed by atoms with Crippen LogP contribution in [0.15, 0.2) is 12.3 Å². The average Bonchev–Trinajstić information content (AvgIpc) is 1.86. The van der Waals surface area contributed by atoms with Crippen LogP contribution in [0.3, 0.4) is 0 Å². The lowest BCUT2D eigenvalue weighted by Crippen LogP contribution is -2.35. The Kier molecular flexibility index (Phi) is 2.23. The summed E-state index contributed by atoms with van der Waals surface area (Å²) in [4.78, 5) is 0. The summed E-state index contributed by atoms with van der Waals surface area (Å²) >= 11 is 0. The third-order valence-electron chi connectivity index (χ3n) is 1.63. The molecule has 1 atom stereocenters. The first-order valence-corrected chi connectivity index (χ1v) is 3.96. The molecule has 1 aliphatic rings. The molecule has 1 saturated heterocycles. The van der Waals surface area contributed by atoms with E-state index in [2.05, 4.69) is 27.4 Å². The number of ether oxygens (including phenoxy) is 2. The van der Waals surface area contributed by atoms with Crippen LogP contribution in [-0.2, 0) is 9.47 Å². The van der Waals surface area contributed by atoms with Gasteiger partial charge in [-0.2, -0.15) is 0 Å². The number of hydrogen-bond acceptors (Lipinski definition) is 2. The minimum atomic E-state index is -0.122. The van der Waals surface area contributed by atoms with Crippen molar-refractivity contribution in [1.29, 1.82) is 0 Å². The Bertz CT molecular complexity index is 155. The van der Waals surface area contributed by atoms with Gasteiger partial charge in [-0.05, 0) is 0 Å². The van der Waals surface area contributed by atoms with Gasteiger partial charge in [-0.3, -0.25) is 0 Å². The predicted octanol–water partition coefficient (Wildman–Crippen LogP) is 2.31. The SMILES string of the molecule is C=C1CCO[C@H](C(C)(C)C)O1.